The molecule has 2 N–H and O–H groups in total. The molecule has 1 amide bonds. The maximum absolute atomic E-state index is 13.1. The summed E-state index contributed by atoms with van der Waals surface area (Å²) in [5.41, 5.74) is -0.439. The van der Waals surface area contributed by atoms with Gasteiger partial charge in [0.15, 0.2) is 5.82 Å². The summed E-state index contributed by atoms with van der Waals surface area (Å²) in [5.74, 6) is 0.234. The Morgan fingerprint density at radius 3 is 2.57 bits per heavy atom. The number of rotatable bonds is 6. The largest absolute Gasteiger partial charge is 0.473 e. The average Bonchev–Trinajstić information content (AvgIpc) is 3.60. The van der Waals surface area contributed by atoms with Crippen molar-refractivity contribution in [2.75, 3.05) is 26.7 Å². The number of nitrogens with one attached hydrogen (secondary N) is 1. The minimum atomic E-state index is -0.914. The average molecular weight is 584 g/mol. The third-order valence-corrected chi connectivity index (χ3v) is 9.94. The van der Waals surface area contributed by atoms with Crippen molar-refractivity contribution in [1.29, 1.82) is 5.41 Å². The number of nitrogens with zero attached hydrogens (tertiary/aromatic N) is 4. The summed E-state index contributed by atoms with van der Waals surface area (Å²) in [4.78, 5) is 39.5. The van der Waals surface area contributed by atoms with Crippen molar-refractivity contribution in [3.8, 4) is 5.88 Å². The maximum atomic E-state index is 13.1. The van der Waals surface area contributed by atoms with E-state index in [-0.39, 0.29) is 41.5 Å². The van der Waals surface area contributed by atoms with Gasteiger partial charge in [0.1, 0.15) is 17.5 Å². The van der Waals surface area contributed by atoms with E-state index < -0.39 is 23.0 Å². The standard InChI is InChI=1S/C32H49N5O5/c1-20(24-11-9-16-36(24)5)41-26-18-23(21-13-17-37(19-21)30(40)42-31(2,3)4)34-29(35-26)27(33)22-10-8-15-32(28(22)39)14-7-6-12-25(32)38/h18,20-22,24,28,33,39H,6-17,19H2,1-5H3/t20-,21-,22?,24-,28+,32+/m0/s1. The molecular weight excluding hydrogens is 534 g/mol. The van der Waals surface area contributed by atoms with Crippen LogP contribution in [0.15, 0.2) is 6.07 Å². The van der Waals surface area contributed by atoms with Crippen LogP contribution in [0.2, 0.25) is 0 Å². The molecule has 2 saturated carbocycles. The molecule has 1 unspecified atom stereocenters. The lowest BCUT2D eigenvalue weighted by molar-refractivity contribution is -0.145. The van der Waals surface area contributed by atoms with Crippen molar-refractivity contribution in [3.05, 3.63) is 17.6 Å². The molecule has 1 aromatic rings. The van der Waals surface area contributed by atoms with Crippen molar-refractivity contribution in [2.24, 2.45) is 11.3 Å². The second kappa shape index (κ2) is 12.2. The topological polar surface area (TPSA) is 129 Å². The van der Waals surface area contributed by atoms with Crippen molar-refractivity contribution < 1.29 is 24.2 Å². The van der Waals surface area contributed by atoms with Crippen LogP contribution >= 0.6 is 0 Å². The molecule has 5 rings (SSSR count). The van der Waals surface area contributed by atoms with E-state index in [1.54, 1.807) is 4.90 Å². The van der Waals surface area contributed by atoms with Crippen LogP contribution in [0.5, 0.6) is 5.88 Å². The number of carbonyl (C=O) groups is 2. The van der Waals surface area contributed by atoms with Crippen LogP contribution in [-0.4, -0.2) is 93.0 Å². The van der Waals surface area contributed by atoms with Gasteiger partial charge in [-0.1, -0.05) is 12.8 Å². The van der Waals surface area contributed by atoms with Gasteiger partial charge in [-0.15, -0.1) is 0 Å². The van der Waals surface area contributed by atoms with Crippen molar-refractivity contribution >= 4 is 17.6 Å². The monoisotopic (exact) mass is 583 g/mol. The van der Waals surface area contributed by atoms with Crippen LogP contribution in [0.4, 0.5) is 4.79 Å². The number of carbonyl (C=O) groups excluding carboxylic acids is 2. The number of hydrogen-bond acceptors (Lipinski definition) is 9. The number of ether oxygens (including phenoxy) is 2. The highest BCUT2D eigenvalue weighted by atomic mass is 16.6. The van der Waals surface area contributed by atoms with Gasteiger partial charge in [0.2, 0.25) is 5.88 Å². The van der Waals surface area contributed by atoms with Gasteiger partial charge in [0, 0.05) is 43.5 Å². The molecule has 0 radical (unpaired) electrons. The van der Waals surface area contributed by atoms with Crippen molar-refractivity contribution in [2.45, 2.75) is 122 Å². The number of ketones is 1. The van der Waals surface area contributed by atoms with E-state index in [1.165, 1.54) is 0 Å². The highest BCUT2D eigenvalue weighted by molar-refractivity contribution is 5.98. The molecule has 0 aromatic carbocycles. The summed E-state index contributed by atoms with van der Waals surface area (Å²) in [5, 5.41) is 20.8. The molecule has 2 aliphatic carbocycles. The predicted molar refractivity (Wildman–Crippen MR) is 159 cm³/mol. The van der Waals surface area contributed by atoms with Gasteiger partial charge in [-0.2, -0.15) is 4.98 Å². The van der Waals surface area contributed by atoms with Crippen LogP contribution in [-0.2, 0) is 9.53 Å². The van der Waals surface area contributed by atoms with Gasteiger partial charge >= 0.3 is 6.09 Å². The fourth-order valence-corrected chi connectivity index (χ4v) is 7.61. The SMILES string of the molecule is C[C@H](Oc1cc([C@H]2CCN(C(=O)OC(C)(C)C)C2)nc(C(=N)C2CCC[C@@]3(CCCCC3=O)[C@@H]2O)n1)[C@@H]1CCCN1C. The number of aliphatic hydroxyl groups excluding tert-OH is 1. The first kappa shape index (κ1) is 30.9. The molecule has 1 aromatic heterocycles. The number of Topliss-reactive ketones (excluding diaryl/α,β-unsaturated/α-hetero) is 1. The lowest BCUT2D eigenvalue weighted by atomic mass is 9.59. The van der Waals surface area contributed by atoms with Crippen molar-refractivity contribution in [1.82, 2.24) is 19.8 Å². The number of aliphatic hydroxyl groups is 1. The van der Waals surface area contributed by atoms with Gasteiger partial charge < -0.3 is 24.9 Å². The summed E-state index contributed by atoms with van der Waals surface area (Å²) in [7, 11) is 2.11. The van der Waals surface area contributed by atoms with E-state index in [9.17, 15) is 20.1 Å². The number of likely N-dealkylation sites (tertiary alicyclic amines) is 2. The molecule has 10 nitrogen and oxygen atoms in total. The molecule has 0 bridgehead atoms. The summed E-state index contributed by atoms with van der Waals surface area (Å²) in [6, 6.07) is 2.13. The summed E-state index contributed by atoms with van der Waals surface area (Å²) in [6.07, 6.45) is 6.62. The molecule has 3 heterocycles. The molecule has 4 aliphatic rings. The zero-order valence-electron chi connectivity index (χ0n) is 26.0. The summed E-state index contributed by atoms with van der Waals surface area (Å²) in [6.45, 7) is 9.69. The number of aromatic nitrogens is 2. The van der Waals surface area contributed by atoms with E-state index in [2.05, 4.69) is 18.9 Å². The Morgan fingerprint density at radius 2 is 1.88 bits per heavy atom. The number of likely N-dealkylation sites (N-methyl/N-ethyl adjacent to an activating group) is 1. The van der Waals surface area contributed by atoms with E-state index in [0.717, 1.165) is 44.3 Å². The first-order valence-corrected chi connectivity index (χ1v) is 15.9. The normalized spacial score (nSPS) is 31.4. The third-order valence-electron chi connectivity index (χ3n) is 9.94. The Bertz CT molecular complexity index is 1180. The quantitative estimate of drug-likeness (QED) is 0.461. The van der Waals surface area contributed by atoms with Gasteiger partial charge in [-0.25, -0.2) is 9.78 Å². The lowest BCUT2D eigenvalue weighted by Crippen LogP contribution is -2.52. The molecule has 2 saturated heterocycles. The molecule has 1 spiro atoms. The van der Waals surface area contributed by atoms with Gasteiger partial charge in [0.25, 0.3) is 0 Å². The Balaban J connectivity index is 1.42. The van der Waals surface area contributed by atoms with Crippen LogP contribution in [0.3, 0.4) is 0 Å². The van der Waals surface area contributed by atoms with Crippen LogP contribution < -0.4 is 4.74 Å². The van der Waals surface area contributed by atoms with Crippen molar-refractivity contribution in [3.63, 3.8) is 0 Å². The van der Waals surface area contributed by atoms with Gasteiger partial charge in [-0.05, 0) is 86.2 Å². The van der Waals surface area contributed by atoms with Gasteiger partial charge in [0.05, 0.1) is 22.9 Å². The summed E-state index contributed by atoms with van der Waals surface area (Å²) < 4.78 is 12.0. The zero-order valence-corrected chi connectivity index (χ0v) is 26.0. The first-order chi connectivity index (χ1) is 19.9. The molecule has 2 aliphatic heterocycles. The minimum absolute atomic E-state index is 0.0542. The number of amides is 1. The smallest absolute Gasteiger partial charge is 0.410 e. The van der Waals surface area contributed by atoms with Gasteiger partial charge in [-0.3, -0.25) is 9.69 Å². The van der Waals surface area contributed by atoms with Crippen LogP contribution in [0.25, 0.3) is 0 Å². The second-order valence-corrected chi connectivity index (χ2v) is 14.0. The molecular formula is C32H49N5O5. The molecule has 6 atom stereocenters. The maximum Gasteiger partial charge on any atom is 0.410 e. The van der Waals surface area contributed by atoms with Crippen LogP contribution in [0, 0.1) is 16.7 Å². The Labute approximate surface area is 250 Å². The fraction of sp³-hybridized carbons (Fsp3) is 0.781. The Kier molecular flexibility index (Phi) is 8.95. The lowest BCUT2D eigenvalue weighted by Gasteiger charge is -2.46. The highest BCUT2D eigenvalue weighted by Crippen LogP contribution is 2.48. The highest BCUT2D eigenvalue weighted by Gasteiger charge is 2.52. The minimum Gasteiger partial charge on any atom is -0.473 e. The van der Waals surface area contributed by atoms with E-state index in [0.29, 0.717) is 51.1 Å². The van der Waals surface area contributed by atoms with E-state index in [4.69, 9.17) is 19.4 Å². The number of hydrogen-bond donors (Lipinski definition) is 2. The van der Waals surface area contributed by atoms with E-state index in [1.807, 2.05) is 26.8 Å². The van der Waals surface area contributed by atoms with E-state index >= 15 is 0 Å². The Morgan fingerprint density at radius 1 is 1.12 bits per heavy atom. The molecule has 42 heavy (non-hydrogen) atoms. The molecule has 232 valence electrons. The third kappa shape index (κ3) is 6.34. The first-order valence-electron chi connectivity index (χ1n) is 15.9. The van der Waals surface area contributed by atoms with Crippen LogP contribution in [0.1, 0.15) is 109 Å². The second-order valence-electron chi connectivity index (χ2n) is 14.0. The fourth-order valence-electron chi connectivity index (χ4n) is 7.61. The zero-order chi connectivity index (χ0) is 30.2. The molecule has 10 heteroatoms. The Hall–Kier alpha value is -2.59. The predicted octanol–water partition coefficient (Wildman–Crippen LogP) is 4.72. The summed E-state index contributed by atoms with van der Waals surface area (Å²) >= 11 is 0. The molecule has 4 fully saturated rings.